The smallest absolute Gasteiger partial charge is 0.0344 e. The van der Waals surface area contributed by atoms with Crippen molar-refractivity contribution in [3.05, 3.63) is 53.1 Å². The van der Waals surface area contributed by atoms with Crippen molar-refractivity contribution in [2.45, 2.75) is 223 Å². The van der Waals surface area contributed by atoms with E-state index in [-0.39, 0.29) is 0 Å². The van der Waals surface area contributed by atoms with E-state index in [0.717, 1.165) is 35.8 Å². The quantitative estimate of drug-likeness (QED) is 0.162. The molecule has 4 unspecified atom stereocenters. The van der Waals surface area contributed by atoms with E-state index in [2.05, 4.69) is 168 Å². The number of allylic oxidation sites excluding steroid dienone is 2. The normalized spacial score (nSPS) is 22.2. The second kappa shape index (κ2) is 26.2. The summed E-state index contributed by atoms with van der Waals surface area (Å²) in [6.07, 6.45) is 18.4. The summed E-state index contributed by atoms with van der Waals surface area (Å²) in [4.78, 5) is 0. The zero-order chi connectivity index (χ0) is 39.4. The maximum atomic E-state index is 3.67. The fourth-order valence-electron chi connectivity index (χ4n) is 7.79. The molecule has 0 heterocycles. The highest BCUT2D eigenvalue weighted by molar-refractivity contribution is 5.46. The van der Waals surface area contributed by atoms with E-state index in [0.29, 0.717) is 36.1 Å². The van der Waals surface area contributed by atoms with Gasteiger partial charge in [0.05, 0.1) is 0 Å². The topological polar surface area (TPSA) is 48.1 Å². The van der Waals surface area contributed by atoms with E-state index in [1.54, 1.807) is 11.1 Å². The molecule has 0 aliphatic heterocycles. The van der Waals surface area contributed by atoms with E-state index in [1.165, 1.54) is 75.5 Å². The van der Waals surface area contributed by atoms with Crippen molar-refractivity contribution in [1.82, 2.24) is 16.0 Å². The molecule has 3 aliphatic rings. The van der Waals surface area contributed by atoms with Crippen LogP contribution in [0.3, 0.4) is 0 Å². The molecule has 0 radical (unpaired) electrons. The second-order valence-electron chi connectivity index (χ2n) is 18.7. The molecule has 4 N–H and O–H groups in total. The largest absolute Gasteiger partial charge is 0.383 e. The van der Waals surface area contributed by atoms with Gasteiger partial charge in [0, 0.05) is 48.0 Å². The molecule has 0 spiro atoms. The number of hydrogen-bond donors (Lipinski definition) is 4. The van der Waals surface area contributed by atoms with Crippen LogP contribution >= 0.6 is 0 Å². The lowest BCUT2D eigenvalue weighted by Crippen LogP contribution is -2.39. The zero-order valence-corrected chi connectivity index (χ0v) is 37.5. The standard InChI is InChI=1S/C12H25N.2C12H23N.C12H19N/c4*1-9(2)11-6-5-7-12(8-11)13-10(3)4/h9-13H,5-8H2,1-4H3;8-10,12-13H,5-7H2,1-4H3;6,9-10,12-13H,5,7-8H2,1-4H3;5-10,13H,1-4H3. The van der Waals surface area contributed by atoms with Gasteiger partial charge in [0.15, 0.2) is 0 Å². The Morgan fingerprint density at radius 2 is 1.19 bits per heavy atom. The number of nitrogens with one attached hydrogen (secondary N) is 4. The van der Waals surface area contributed by atoms with Gasteiger partial charge in [-0.2, -0.15) is 0 Å². The predicted octanol–water partition coefficient (Wildman–Crippen LogP) is 13.1. The molecule has 0 saturated heterocycles. The summed E-state index contributed by atoms with van der Waals surface area (Å²) in [6, 6.07) is 13.2. The Morgan fingerprint density at radius 1 is 0.577 bits per heavy atom. The SMILES string of the molecule is CC(C)NC1C=C(C(C)C)CCC1.CC(C)NC1CCC=C(C(C)C)C1.CC(C)NC1CCCC(C(C)C)C1.CC(C)Nc1cccc(C(C)C)c1. The van der Waals surface area contributed by atoms with Gasteiger partial charge in [-0.3, -0.25) is 0 Å². The van der Waals surface area contributed by atoms with Gasteiger partial charge in [-0.15, -0.1) is 0 Å². The third kappa shape index (κ3) is 21.9. The minimum absolute atomic E-state index is 0.502. The molecule has 1 aromatic rings. The van der Waals surface area contributed by atoms with Crippen LogP contribution < -0.4 is 21.3 Å². The van der Waals surface area contributed by atoms with E-state index in [1.807, 2.05) is 0 Å². The molecule has 0 aromatic heterocycles. The number of rotatable bonds is 12. The molecule has 0 amide bonds. The number of anilines is 1. The molecule has 1 fully saturated rings. The van der Waals surface area contributed by atoms with Gasteiger partial charge in [-0.25, -0.2) is 0 Å². The van der Waals surface area contributed by atoms with E-state index >= 15 is 0 Å². The first-order chi connectivity index (χ1) is 24.4. The van der Waals surface area contributed by atoms with Crippen molar-refractivity contribution in [3.8, 4) is 0 Å². The molecule has 302 valence electrons. The van der Waals surface area contributed by atoms with Crippen LogP contribution in [0.1, 0.15) is 186 Å². The Hall–Kier alpha value is -1.62. The molecule has 1 aromatic carbocycles. The minimum atomic E-state index is 0.502. The van der Waals surface area contributed by atoms with Gasteiger partial charge >= 0.3 is 0 Å². The molecule has 1 saturated carbocycles. The van der Waals surface area contributed by atoms with Crippen LogP contribution in [0.15, 0.2) is 47.6 Å². The van der Waals surface area contributed by atoms with Gasteiger partial charge in [-0.1, -0.05) is 145 Å². The van der Waals surface area contributed by atoms with Crippen LogP contribution in [0.25, 0.3) is 0 Å². The predicted molar refractivity (Wildman–Crippen MR) is 236 cm³/mol. The average molecular weight is 723 g/mol. The first-order valence-electron chi connectivity index (χ1n) is 21.9. The highest BCUT2D eigenvalue weighted by atomic mass is 14.9. The molecule has 4 rings (SSSR count). The zero-order valence-electron chi connectivity index (χ0n) is 37.5. The summed E-state index contributed by atoms with van der Waals surface area (Å²) >= 11 is 0. The number of hydrogen-bond acceptors (Lipinski definition) is 4. The third-order valence-electron chi connectivity index (χ3n) is 10.6. The fraction of sp³-hybridized carbons (Fsp3) is 0.792. The van der Waals surface area contributed by atoms with Crippen LogP contribution in [-0.2, 0) is 0 Å². The Kier molecular flexibility index (Phi) is 24.4. The minimum Gasteiger partial charge on any atom is -0.383 e. The van der Waals surface area contributed by atoms with Crippen molar-refractivity contribution in [1.29, 1.82) is 0 Å². The maximum absolute atomic E-state index is 3.67. The Labute approximate surface area is 326 Å². The lowest BCUT2D eigenvalue weighted by atomic mass is 9.79. The summed E-state index contributed by atoms with van der Waals surface area (Å²) < 4.78 is 0. The van der Waals surface area contributed by atoms with Gasteiger partial charge in [0.1, 0.15) is 0 Å². The Morgan fingerprint density at radius 3 is 1.73 bits per heavy atom. The summed E-state index contributed by atoms with van der Waals surface area (Å²) in [7, 11) is 0. The van der Waals surface area contributed by atoms with Crippen LogP contribution in [0.2, 0.25) is 0 Å². The van der Waals surface area contributed by atoms with E-state index in [4.69, 9.17) is 0 Å². The first kappa shape index (κ1) is 48.4. The van der Waals surface area contributed by atoms with Crippen molar-refractivity contribution in [3.63, 3.8) is 0 Å². The summed E-state index contributed by atoms with van der Waals surface area (Å²) in [5, 5.41) is 14.3. The molecular weight excluding hydrogens is 633 g/mol. The van der Waals surface area contributed by atoms with Gasteiger partial charge in [0.2, 0.25) is 0 Å². The lowest BCUT2D eigenvalue weighted by Gasteiger charge is -2.33. The van der Waals surface area contributed by atoms with Gasteiger partial charge in [-0.05, 0) is 112 Å². The van der Waals surface area contributed by atoms with E-state index in [9.17, 15) is 0 Å². The summed E-state index contributed by atoms with van der Waals surface area (Å²) in [5.41, 5.74) is 5.90. The second-order valence-corrected chi connectivity index (χ2v) is 18.7. The summed E-state index contributed by atoms with van der Waals surface area (Å²) in [6.45, 7) is 36.0. The highest BCUT2D eigenvalue weighted by Crippen LogP contribution is 2.30. The Balaban J connectivity index is 0.000000347. The monoisotopic (exact) mass is 723 g/mol. The first-order valence-corrected chi connectivity index (χ1v) is 21.9. The lowest BCUT2D eigenvalue weighted by molar-refractivity contribution is 0.224. The van der Waals surface area contributed by atoms with E-state index < -0.39 is 0 Å². The van der Waals surface area contributed by atoms with Crippen molar-refractivity contribution in [2.75, 3.05) is 5.32 Å². The Bertz CT molecular complexity index is 1110. The molecule has 3 aliphatic carbocycles. The fourth-order valence-corrected chi connectivity index (χ4v) is 7.79. The molecule has 4 nitrogen and oxygen atoms in total. The maximum Gasteiger partial charge on any atom is 0.0344 e. The molecule has 0 bridgehead atoms. The van der Waals surface area contributed by atoms with Crippen molar-refractivity contribution >= 4 is 5.69 Å². The molecule has 52 heavy (non-hydrogen) atoms. The summed E-state index contributed by atoms with van der Waals surface area (Å²) in [5.74, 6) is 3.91. The molecular formula is C48H90N4. The third-order valence-corrected chi connectivity index (χ3v) is 10.6. The molecule has 4 heteroatoms. The van der Waals surface area contributed by atoms with Crippen LogP contribution in [-0.4, -0.2) is 42.3 Å². The van der Waals surface area contributed by atoms with Crippen LogP contribution in [0.5, 0.6) is 0 Å². The molecule has 4 atom stereocenters. The van der Waals surface area contributed by atoms with Crippen molar-refractivity contribution < 1.29 is 0 Å². The van der Waals surface area contributed by atoms with Crippen LogP contribution in [0, 0.1) is 23.7 Å². The van der Waals surface area contributed by atoms with Crippen LogP contribution in [0.4, 0.5) is 5.69 Å². The number of benzene rings is 1. The van der Waals surface area contributed by atoms with Gasteiger partial charge < -0.3 is 21.3 Å². The highest BCUT2D eigenvalue weighted by Gasteiger charge is 2.24. The average Bonchev–Trinajstić information content (AvgIpc) is 3.05. The van der Waals surface area contributed by atoms with Crippen molar-refractivity contribution in [2.24, 2.45) is 23.7 Å². The van der Waals surface area contributed by atoms with Gasteiger partial charge in [0.25, 0.3) is 0 Å².